The first kappa shape index (κ1) is 13.3. The molecule has 0 saturated carbocycles. The number of nitrogens with one attached hydrogen (secondary N) is 1. The summed E-state index contributed by atoms with van der Waals surface area (Å²) >= 11 is 0. The molecule has 2 aliphatic carbocycles. The molecular weight excluding hydrogens is 252 g/mol. The molecule has 106 valence electrons. The summed E-state index contributed by atoms with van der Waals surface area (Å²) in [6.45, 7) is 0.648. The van der Waals surface area contributed by atoms with E-state index < -0.39 is 5.97 Å². The van der Waals surface area contributed by atoms with Crippen LogP contribution in [0.3, 0.4) is 0 Å². The van der Waals surface area contributed by atoms with Crippen molar-refractivity contribution in [3.05, 3.63) is 41.2 Å². The van der Waals surface area contributed by atoms with Gasteiger partial charge in [-0.25, -0.2) is 0 Å². The van der Waals surface area contributed by atoms with E-state index in [0.717, 1.165) is 25.0 Å². The van der Waals surface area contributed by atoms with E-state index >= 15 is 0 Å². The van der Waals surface area contributed by atoms with Gasteiger partial charge in [0.05, 0.1) is 11.6 Å². The van der Waals surface area contributed by atoms with Gasteiger partial charge in [-0.2, -0.15) is 0 Å². The number of carboxylic acids is 1. The van der Waals surface area contributed by atoms with Gasteiger partial charge in [0.25, 0.3) is 0 Å². The van der Waals surface area contributed by atoms with Gasteiger partial charge in [-0.05, 0) is 43.7 Å². The predicted molar refractivity (Wildman–Crippen MR) is 76.4 cm³/mol. The summed E-state index contributed by atoms with van der Waals surface area (Å²) in [5.74, 6) is -1.04. The minimum atomic E-state index is -0.714. The number of carbonyl (C=O) groups is 1. The summed E-state index contributed by atoms with van der Waals surface area (Å²) in [7, 11) is 0. The van der Waals surface area contributed by atoms with Crippen LogP contribution in [0.25, 0.3) is 0 Å². The molecule has 0 radical (unpaired) electrons. The zero-order valence-electron chi connectivity index (χ0n) is 11.5. The van der Waals surface area contributed by atoms with Gasteiger partial charge in [0.15, 0.2) is 0 Å². The molecule has 0 bridgehead atoms. The van der Waals surface area contributed by atoms with Crippen LogP contribution in [0.1, 0.15) is 36.2 Å². The molecule has 0 saturated heterocycles. The Morgan fingerprint density at radius 2 is 2.15 bits per heavy atom. The van der Waals surface area contributed by atoms with E-state index in [9.17, 15) is 9.90 Å². The summed E-state index contributed by atoms with van der Waals surface area (Å²) in [6.07, 6.45) is 8.84. The van der Waals surface area contributed by atoms with Crippen LogP contribution < -0.4 is 5.32 Å². The fourth-order valence-electron chi connectivity index (χ4n) is 3.11. The molecule has 0 spiro atoms. The van der Waals surface area contributed by atoms with Crippen molar-refractivity contribution in [3.63, 3.8) is 0 Å². The molecule has 0 aromatic carbocycles. The monoisotopic (exact) mass is 272 g/mol. The Morgan fingerprint density at radius 1 is 1.30 bits per heavy atom. The Balaban J connectivity index is 1.64. The summed E-state index contributed by atoms with van der Waals surface area (Å²) in [5.41, 5.74) is 3.62. The van der Waals surface area contributed by atoms with Crippen molar-refractivity contribution in [1.29, 1.82) is 0 Å². The van der Waals surface area contributed by atoms with Crippen LogP contribution in [0.2, 0.25) is 0 Å². The van der Waals surface area contributed by atoms with Crippen molar-refractivity contribution < 1.29 is 9.90 Å². The molecule has 3 rings (SSSR count). The molecular formula is C16H20N2O2. The number of hydrogen-bond acceptors (Lipinski definition) is 3. The summed E-state index contributed by atoms with van der Waals surface area (Å²) in [5, 5.41) is 12.6. The molecule has 4 heteroatoms. The van der Waals surface area contributed by atoms with Crippen LogP contribution in [0.4, 0.5) is 0 Å². The number of aromatic nitrogens is 1. The van der Waals surface area contributed by atoms with E-state index in [1.54, 1.807) is 0 Å². The number of pyridine rings is 1. The smallest absolute Gasteiger partial charge is 0.308 e. The number of aliphatic carboxylic acids is 1. The van der Waals surface area contributed by atoms with Gasteiger partial charge in [0, 0.05) is 18.3 Å². The van der Waals surface area contributed by atoms with Crippen LogP contribution in [-0.2, 0) is 24.2 Å². The van der Waals surface area contributed by atoms with Crippen LogP contribution >= 0.6 is 0 Å². The van der Waals surface area contributed by atoms with Crippen molar-refractivity contribution >= 4 is 5.97 Å². The third-order valence-corrected chi connectivity index (χ3v) is 4.28. The van der Waals surface area contributed by atoms with Crippen LogP contribution in [0, 0.1) is 5.92 Å². The SMILES string of the molecule is O=C(O)[C@@H]1CC=CC[C@@H]1NCc1ccc2c(n1)CCC2. The van der Waals surface area contributed by atoms with E-state index in [-0.39, 0.29) is 12.0 Å². The Bertz CT molecular complexity index is 539. The number of rotatable bonds is 4. The van der Waals surface area contributed by atoms with Crippen molar-refractivity contribution in [2.75, 3.05) is 0 Å². The first-order valence-corrected chi connectivity index (χ1v) is 7.33. The van der Waals surface area contributed by atoms with Crippen molar-refractivity contribution in [2.24, 2.45) is 5.92 Å². The lowest BCUT2D eigenvalue weighted by Gasteiger charge is -2.26. The number of fused-ring (bicyclic) bond motifs is 1. The van der Waals surface area contributed by atoms with E-state index in [0.29, 0.717) is 13.0 Å². The van der Waals surface area contributed by atoms with Gasteiger partial charge >= 0.3 is 5.97 Å². The first-order valence-electron chi connectivity index (χ1n) is 7.33. The fraction of sp³-hybridized carbons (Fsp3) is 0.500. The van der Waals surface area contributed by atoms with Gasteiger partial charge in [-0.3, -0.25) is 9.78 Å². The van der Waals surface area contributed by atoms with E-state index in [1.807, 2.05) is 6.08 Å². The first-order chi connectivity index (χ1) is 9.74. The molecule has 2 aliphatic rings. The van der Waals surface area contributed by atoms with Crippen molar-refractivity contribution in [1.82, 2.24) is 10.3 Å². The third kappa shape index (κ3) is 2.75. The number of aryl methyl sites for hydroxylation is 2. The lowest BCUT2D eigenvalue weighted by molar-refractivity contribution is -0.142. The molecule has 0 fully saturated rings. The molecule has 1 aromatic heterocycles. The van der Waals surface area contributed by atoms with E-state index in [4.69, 9.17) is 0 Å². The summed E-state index contributed by atoms with van der Waals surface area (Å²) < 4.78 is 0. The second-order valence-electron chi connectivity index (χ2n) is 5.64. The van der Waals surface area contributed by atoms with Crippen molar-refractivity contribution in [3.8, 4) is 0 Å². The fourth-order valence-corrected chi connectivity index (χ4v) is 3.11. The standard InChI is InChI=1S/C16H20N2O2/c19-16(20)13-5-1-2-6-15(13)17-10-12-9-8-11-4-3-7-14(11)18-12/h1-2,8-9,13,15,17H,3-7,10H2,(H,19,20)/t13-,15+/m1/s1. The molecule has 2 atom stereocenters. The summed E-state index contributed by atoms with van der Waals surface area (Å²) in [6, 6.07) is 4.24. The highest BCUT2D eigenvalue weighted by Crippen LogP contribution is 2.21. The maximum atomic E-state index is 11.2. The average Bonchev–Trinajstić information content (AvgIpc) is 2.92. The predicted octanol–water partition coefficient (Wildman–Crippen LogP) is 2.08. The molecule has 0 aliphatic heterocycles. The molecule has 4 nitrogen and oxygen atoms in total. The van der Waals surface area contributed by atoms with Crippen LogP contribution in [0.5, 0.6) is 0 Å². The largest absolute Gasteiger partial charge is 0.481 e. The highest BCUT2D eigenvalue weighted by Gasteiger charge is 2.28. The lowest BCUT2D eigenvalue weighted by Crippen LogP contribution is -2.40. The molecule has 0 amide bonds. The number of allylic oxidation sites excluding steroid dienone is 1. The lowest BCUT2D eigenvalue weighted by atomic mass is 9.89. The van der Waals surface area contributed by atoms with E-state index in [1.165, 1.54) is 17.7 Å². The number of nitrogens with zero attached hydrogens (tertiary/aromatic N) is 1. The summed E-state index contributed by atoms with van der Waals surface area (Å²) in [4.78, 5) is 15.9. The highest BCUT2D eigenvalue weighted by molar-refractivity contribution is 5.71. The average molecular weight is 272 g/mol. The minimum absolute atomic E-state index is 0.00699. The topological polar surface area (TPSA) is 62.2 Å². The maximum absolute atomic E-state index is 11.2. The Labute approximate surface area is 118 Å². The van der Waals surface area contributed by atoms with Gasteiger partial charge in [0.1, 0.15) is 0 Å². The molecule has 0 unspecified atom stereocenters. The molecule has 2 N–H and O–H groups in total. The quantitative estimate of drug-likeness (QED) is 0.824. The van der Waals surface area contributed by atoms with Crippen LogP contribution in [-0.4, -0.2) is 22.1 Å². The number of carboxylic acid groups (broad SMARTS) is 1. The van der Waals surface area contributed by atoms with Gasteiger partial charge in [0.2, 0.25) is 0 Å². The van der Waals surface area contributed by atoms with Crippen LogP contribution in [0.15, 0.2) is 24.3 Å². The second-order valence-corrected chi connectivity index (χ2v) is 5.64. The molecule has 20 heavy (non-hydrogen) atoms. The second kappa shape index (κ2) is 5.75. The number of hydrogen-bond donors (Lipinski definition) is 2. The highest BCUT2D eigenvalue weighted by atomic mass is 16.4. The Morgan fingerprint density at radius 3 is 3.00 bits per heavy atom. The van der Waals surface area contributed by atoms with Crippen molar-refractivity contribution in [2.45, 2.75) is 44.7 Å². The minimum Gasteiger partial charge on any atom is -0.481 e. The maximum Gasteiger partial charge on any atom is 0.308 e. The molecule has 1 heterocycles. The van der Waals surface area contributed by atoms with Gasteiger partial charge in [-0.15, -0.1) is 0 Å². The van der Waals surface area contributed by atoms with Gasteiger partial charge < -0.3 is 10.4 Å². The Kier molecular flexibility index (Phi) is 3.83. The zero-order chi connectivity index (χ0) is 13.9. The normalized spacial score (nSPS) is 24.6. The zero-order valence-corrected chi connectivity index (χ0v) is 11.5. The van der Waals surface area contributed by atoms with E-state index in [2.05, 4.69) is 28.5 Å². The van der Waals surface area contributed by atoms with Gasteiger partial charge in [-0.1, -0.05) is 18.2 Å². The third-order valence-electron chi connectivity index (χ3n) is 4.28. The molecule has 1 aromatic rings. The Hall–Kier alpha value is -1.68.